The van der Waals surface area contributed by atoms with Crippen LogP contribution >= 0.6 is 0 Å². The number of rotatable bonds is 6. The molecule has 25 heavy (non-hydrogen) atoms. The molecule has 0 bridgehead atoms. The molecule has 2 heterocycles. The molecule has 1 aromatic carbocycles. The van der Waals surface area contributed by atoms with Crippen LogP contribution in [0.1, 0.15) is 31.7 Å². The lowest BCUT2D eigenvalue weighted by molar-refractivity contribution is -0.123. The van der Waals surface area contributed by atoms with Gasteiger partial charge in [-0.3, -0.25) is 4.79 Å². The zero-order valence-corrected chi connectivity index (χ0v) is 14.8. The number of β-amino-alcohol motifs (C(OH)–C–C–N with tert-alkyl or cyclic N) is 1. The second kappa shape index (κ2) is 8.17. The predicted octanol–water partition coefficient (Wildman–Crippen LogP) is 0.972. The number of aliphatic hydroxyl groups is 1. The van der Waals surface area contributed by atoms with E-state index in [0.29, 0.717) is 39.3 Å². The van der Waals surface area contributed by atoms with Crippen molar-refractivity contribution < 1.29 is 19.4 Å². The molecule has 2 aliphatic heterocycles. The van der Waals surface area contributed by atoms with Gasteiger partial charge in [-0.05, 0) is 43.9 Å². The first kappa shape index (κ1) is 18.2. The van der Waals surface area contributed by atoms with Gasteiger partial charge in [0.25, 0.3) is 0 Å². The monoisotopic (exact) mass is 348 g/mol. The minimum absolute atomic E-state index is 0.0339. The molecule has 2 atom stereocenters. The Bertz CT molecular complexity index is 569. The Hall–Kier alpha value is -1.63. The zero-order chi connectivity index (χ0) is 17.7. The number of carbonyl (C=O) groups excluding carboxylic acids is 1. The summed E-state index contributed by atoms with van der Waals surface area (Å²) in [4.78, 5) is 12.4. The van der Waals surface area contributed by atoms with E-state index >= 15 is 0 Å². The van der Waals surface area contributed by atoms with Crippen molar-refractivity contribution in [1.29, 1.82) is 0 Å². The van der Waals surface area contributed by atoms with Crippen LogP contribution in [0, 0.1) is 0 Å². The molecule has 6 nitrogen and oxygen atoms in total. The van der Waals surface area contributed by atoms with Crippen molar-refractivity contribution in [3.63, 3.8) is 0 Å². The molecule has 0 aliphatic carbocycles. The van der Waals surface area contributed by atoms with E-state index in [2.05, 4.69) is 22.8 Å². The highest BCUT2D eigenvalue weighted by Gasteiger charge is 2.36. The van der Waals surface area contributed by atoms with Gasteiger partial charge in [0, 0.05) is 31.7 Å². The van der Waals surface area contributed by atoms with Crippen LogP contribution in [-0.4, -0.2) is 56.1 Å². The smallest absolute Gasteiger partial charge is 0.237 e. The van der Waals surface area contributed by atoms with Gasteiger partial charge in [-0.15, -0.1) is 0 Å². The van der Waals surface area contributed by atoms with Gasteiger partial charge in [-0.25, -0.2) is 0 Å². The Balaban J connectivity index is 1.69. The van der Waals surface area contributed by atoms with Crippen molar-refractivity contribution in [1.82, 2.24) is 10.6 Å². The summed E-state index contributed by atoms with van der Waals surface area (Å²) in [6.45, 7) is 5.08. The summed E-state index contributed by atoms with van der Waals surface area (Å²) in [7, 11) is 0. The first-order chi connectivity index (χ1) is 12.1. The fourth-order valence-corrected chi connectivity index (χ4v) is 3.70. The van der Waals surface area contributed by atoms with Crippen LogP contribution in [0.15, 0.2) is 24.3 Å². The maximum absolute atomic E-state index is 12.4. The van der Waals surface area contributed by atoms with Crippen molar-refractivity contribution in [2.45, 2.75) is 43.7 Å². The van der Waals surface area contributed by atoms with Gasteiger partial charge >= 0.3 is 0 Å². The number of hydrogen-bond donors (Lipinski definition) is 3. The second-order valence-corrected chi connectivity index (χ2v) is 6.92. The molecule has 2 unspecified atom stereocenters. The number of ether oxygens (including phenoxy) is 2. The van der Waals surface area contributed by atoms with E-state index in [1.54, 1.807) is 0 Å². The highest BCUT2D eigenvalue weighted by molar-refractivity contribution is 5.82. The van der Waals surface area contributed by atoms with E-state index in [1.807, 2.05) is 19.1 Å². The lowest BCUT2D eigenvalue weighted by Gasteiger charge is -2.38. The van der Waals surface area contributed by atoms with Gasteiger partial charge in [-0.1, -0.05) is 12.1 Å². The summed E-state index contributed by atoms with van der Waals surface area (Å²) in [5, 5.41) is 15.8. The first-order valence-electron chi connectivity index (χ1n) is 9.13. The van der Waals surface area contributed by atoms with Gasteiger partial charge in [0.15, 0.2) is 0 Å². The third-order valence-corrected chi connectivity index (χ3v) is 5.25. The molecule has 0 radical (unpaired) electrons. The van der Waals surface area contributed by atoms with Gasteiger partial charge < -0.3 is 25.2 Å². The lowest BCUT2D eigenvalue weighted by atomic mass is 9.74. The third kappa shape index (κ3) is 4.32. The minimum atomic E-state index is -0.432. The molecule has 1 amide bonds. The standard InChI is InChI=1S/C19H28N2O4/c1-2-25-16-5-3-14(4-6-16)19(7-9-24-10-8-19)13-21-18(23)17-11-15(22)12-20-17/h3-6,15,17,20,22H,2,7-13H2,1H3,(H,21,23). The van der Waals surface area contributed by atoms with E-state index in [-0.39, 0.29) is 17.4 Å². The van der Waals surface area contributed by atoms with E-state index in [4.69, 9.17) is 9.47 Å². The normalized spacial score (nSPS) is 25.5. The Labute approximate surface area is 148 Å². The van der Waals surface area contributed by atoms with E-state index < -0.39 is 6.10 Å². The molecule has 6 heteroatoms. The Kier molecular flexibility index (Phi) is 5.93. The number of aliphatic hydroxyl groups excluding tert-OH is 1. The fourth-order valence-electron chi connectivity index (χ4n) is 3.70. The van der Waals surface area contributed by atoms with Crippen LogP contribution in [0.4, 0.5) is 0 Å². The summed E-state index contributed by atoms with van der Waals surface area (Å²) in [5.41, 5.74) is 1.09. The van der Waals surface area contributed by atoms with Crippen molar-refractivity contribution >= 4 is 5.91 Å². The minimum Gasteiger partial charge on any atom is -0.494 e. The number of hydrogen-bond acceptors (Lipinski definition) is 5. The van der Waals surface area contributed by atoms with Crippen molar-refractivity contribution in [2.75, 3.05) is 32.9 Å². The van der Waals surface area contributed by atoms with Gasteiger partial charge in [0.2, 0.25) is 5.91 Å². The summed E-state index contributed by atoms with van der Waals surface area (Å²) >= 11 is 0. The van der Waals surface area contributed by atoms with Crippen molar-refractivity contribution in [3.05, 3.63) is 29.8 Å². The van der Waals surface area contributed by atoms with Crippen LogP contribution in [0.2, 0.25) is 0 Å². The van der Waals surface area contributed by atoms with E-state index in [1.165, 1.54) is 5.56 Å². The number of amides is 1. The summed E-state index contributed by atoms with van der Waals surface area (Å²) in [6, 6.07) is 7.88. The number of benzene rings is 1. The van der Waals surface area contributed by atoms with Crippen LogP contribution in [0.25, 0.3) is 0 Å². The molecule has 2 fully saturated rings. The summed E-state index contributed by atoms with van der Waals surface area (Å²) in [5.74, 6) is 0.829. The molecule has 2 saturated heterocycles. The Morgan fingerprint density at radius 3 is 2.68 bits per heavy atom. The highest BCUT2D eigenvalue weighted by Crippen LogP contribution is 2.35. The third-order valence-electron chi connectivity index (χ3n) is 5.25. The quantitative estimate of drug-likeness (QED) is 0.714. The average molecular weight is 348 g/mol. The van der Waals surface area contributed by atoms with E-state index in [0.717, 1.165) is 18.6 Å². The van der Waals surface area contributed by atoms with Gasteiger partial charge in [-0.2, -0.15) is 0 Å². The van der Waals surface area contributed by atoms with Crippen LogP contribution < -0.4 is 15.4 Å². The predicted molar refractivity (Wildman–Crippen MR) is 94.8 cm³/mol. The molecular weight excluding hydrogens is 320 g/mol. The maximum atomic E-state index is 12.4. The van der Waals surface area contributed by atoms with Gasteiger partial charge in [0.05, 0.1) is 18.8 Å². The van der Waals surface area contributed by atoms with Gasteiger partial charge in [0.1, 0.15) is 5.75 Å². The molecule has 138 valence electrons. The molecule has 0 spiro atoms. The zero-order valence-electron chi connectivity index (χ0n) is 14.8. The van der Waals surface area contributed by atoms with Crippen LogP contribution in [0.3, 0.4) is 0 Å². The molecule has 1 aromatic rings. The largest absolute Gasteiger partial charge is 0.494 e. The molecule has 0 aromatic heterocycles. The van der Waals surface area contributed by atoms with Crippen molar-refractivity contribution in [3.8, 4) is 5.75 Å². The van der Waals surface area contributed by atoms with Crippen LogP contribution in [0.5, 0.6) is 5.75 Å². The Morgan fingerprint density at radius 1 is 1.36 bits per heavy atom. The topological polar surface area (TPSA) is 79.8 Å². The molecular formula is C19H28N2O4. The molecule has 3 rings (SSSR count). The van der Waals surface area contributed by atoms with Crippen LogP contribution in [-0.2, 0) is 14.9 Å². The number of nitrogens with one attached hydrogen (secondary N) is 2. The second-order valence-electron chi connectivity index (χ2n) is 6.92. The molecule has 2 aliphatic rings. The first-order valence-corrected chi connectivity index (χ1v) is 9.13. The average Bonchev–Trinajstić information content (AvgIpc) is 3.08. The fraction of sp³-hybridized carbons (Fsp3) is 0.632. The summed E-state index contributed by atoms with van der Waals surface area (Å²) < 4.78 is 11.1. The SMILES string of the molecule is CCOc1ccc(C2(CNC(=O)C3CC(O)CN3)CCOCC2)cc1. The number of carbonyl (C=O) groups is 1. The maximum Gasteiger partial charge on any atom is 0.237 e. The summed E-state index contributed by atoms with van der Waals surface area (Å²) in [6.07, 6.45) is 1.80. The molecule has 3 N–H and O–H groups in total. The molecule has 0 saturated carbocycles. The van der Waals surface area contributed by atoms with E-state index in [9.17, 15) is 9.90 Å². The lowest BCUT2D eigenvalue weighted by Crippen LogP contribution is -2.48. The Morgan fingerprint density at radius 2 is 2.08 bits per heavy atom. The van der Waals surface area contributed by atoms with Crippen molar-refractivity contribution in [2.24, 2.45) is 0 Å². The highest BCUT2D eigenvalue weighted by atomic mass is 16.5.